The Labute approximate surface area is 160 Å². The van der Waals surface area contributed by atoms with Crippen molar-refractivity contribution >= 4 is 11.9 Å². The topological polar surface area (TPSA) is 31.2 Å². The van der Waals surface area contributed by atoms with Crippen LogP contribution in [-0.2, 0) is 0 Å². The molecule has 3 nitrogen and oxygen atoms in total. The number of ketones is 1. The smallest absolute Gasteiger partial charge is 0.185 e. The van der Waals surface area contributed by atoms with Crippen molar-refractivity contribution in [1.29, 1.82) is 0 Å². The van der Waals surface area contributed by atoms with Gasteiger partial charge in [-0.1, -0.05) is 29.8 Å². The average molecular weight is 359 g/mol. The molecule has 0 aliphatic rings. The molecule has 0 aliphatic carbocycles. The number of carbonyl (C=O) groups excluding carboxylic acids is 1. The van der Waals surface area contributed by atoms with Gasteiger partial charge in [0, 0.05) is 22.6 Å². The van der Waals surface area contributed by atoms with Gasteiger partial charge in [0.1, 0.15) is 5.75 Å². The van der Waals surface area contributed by atoms with Crippen molar-refractivity contribution in [2.75, 3.05) is 6.61 Å². The fraction of sp³-hybridized carbons (Fsp3) is 0.208. The minimum Gasteiger partial charge on any atom is -0.494 e. The number of hydrogen-bond acceptors (Lipinski definition) is 2. The van der Waals surface area contributed by atoms with Gasteiger partial charge >= 0.3 is 0 Å². The van der Waals surface area contributed by atoms with Gasteiger partial charge in [0.05, 0.1) is 6.61 Å². The first-order valence-electron chi connectivity index (χ1n) is 9.21. The standard InChI is InChI=1S/C24H25NO2/c1-5-27-23-13-11-22(12-14-23)25-18(3)16-21(19(25)4)10-15-24(26)20-8-6-17(2)7-9-20/h6-16H,5H2,1-4H3/b15-10+. The molecule has 0 fully saturated rings. The summed E-state index contributed by atoms with van der Waals surface area (Å²) in [5.41, 5.74) is 6.20. The summed E-state index contributed by atoms with van der Waals surface area (Å²) in [6, 6.07) is 17.8. The molecule has 3 rings (SSSR count). The van der Waals surface area contributed by atoms with Gasteiger partial charge in [0.25, 0.3) is 0 Å². The quantitative estimate of drug-likeness (QED) is 0.418. The number of carbonyl (C=O) groups is 1. The molecule has 0 atom stereocenters. The number of nitrogens with zero attached hydrogens (tertiary/aromatic N) is 1. The monoisotopic (exact) mass is 359 g/mol. The lowest BCUT2D eigenvalue weighted by Gasteiger charge is -2.11. The van der Waals surface area contributed by atoms with Crippen LogP contribution in [0.3, 0.4) is 0 Å². The first-order chi connectivity index (χ1) is 13.0. The molecule has 2 aromatic carbocycles. The second kappa shape index (κ2) is 8.09. The highest BCUT2D eigenvalue weighted by Crippen LogP contribution is 2.24. The third-order valence-corrected chi connectivity index (χ3v) is 4.63. The van der Waals surface area contributed by atoms with Gasteiger partial charge in [-0.25, -0.2) is 0 Å². The van der Waals surface area contributed by atoms with Crippen molar-refractivity contribution in [3.8, 4) is 11.4 Å². The molecule has 0 saturated carbocycles. The fourth-order valence-corrected chi connectivity index (χ4v) is 3.19. The minimum absolute atomic E-state index is 0.0147. The minimum atomic E-state index is 0.0147. The number of hydrogen-bond donors (Lipinski definition) is 0. The molecule has 0 aliphatic heterocycles. The lowest BCUT2D eigenvalue weighted by molar-refractivity contribution is 0.104. The molecule has 0 radical (unpaired) electrons. The predicted molar refractivity (Wildman–Crippen MR) is 111 cm³/mol. The molecule has 0 spiro atoms. The van der Waals surface area contributed by atoms with Crippen molar-refractivity contribution in [3.63, 3.8) is 0 Å². The molecular weight excluding hydrogens is 334 g/mol. The van der Waals surface area contributed by atoms with Crippen LogP contribution >= 0.6 is 0 Å². The molecule has 0 bridgehead atoms. The molecule has 27 heavy (non-hydrogen) atoms. The molecule has 138 valence electrons. The van der Waals surface area contributed by atoms with Crippen LogP contribution < -0.4 is 4.74 Å². The maximum atomic E-state index is 12.4. The van der Waals surface area contributed by atoms with Crippen molar-refractivity contribution in [1.82, 2.24) is 4.57 Å². The number of allylic oxidation sites excluding steroid dienone is 1. The average Bonchev–Trinajstić information content (AvgIpc) is 2.95. The van der Waals surface area contributed by atoms with Gasteiger partial charge in [0.15, 0.2) is 5.78 Å². The van der Waals surface area contributed by atoms with E-state index in [0.29, 0.717) is 12.2 Å². The number of ether oxygens (including phenoxy) is 1. The lowest BCUT2D eigenvalue weighted by atomic mass is 10.1. The molecule has 0 N–H and O–H groups in total. The molecule has 3 aromatic rings. The SMILES string of the molecule is CCOc1ccc(-n2c(C)cc(/C=C/C(=O)c3ccc(C)cc3)c2C)cc1. The van der Waals surface area contributed by atoms with Crippen molar-refractivity contribution < 1.29 is 9.53 Å². The summed E-state index contributed by atoms with van der Waals surface area (Å²) in [5, 5.41) is 0. The van der Waals surface area contributed by atoms with E-state index in [-0.39, 0.29) is 5.78 Å². The number of benzene rings is 2. The number of aromatic nitrogens is 1. The van der Waals surface area contributed by atoms with Crippen molar-refractivity contribution in [2.24, 2.45) is 0 Å². The van der Waals surface area contributed by atoms with Crippen molar-refractivity contribution in [3.05, 3.63) is 88.8 Å². The zero-order valence-corrected chi connectivity index (χ0v) is 16.3. The van der Waals surface area contributed by atoms with Crippen LogP contribution in [0, 0.1) is 20.8 Å². The molecular formula is C24H25NO2. The van der Waals surface area contributed by atoms with E-state index in [1.807, 2.05) is 56.3 Å². The first-order valence-corrected chi connectivity index (χ1v) is 9.21. The Bertz CT molecular complexity index is 961. The molecule has 3 heteroatoms. The zero-order chi connectivity index (χ0) is 19.4. The van der Waals surface area contributed by atoms with Crippen LogP contribution in [0.1, 0.15) is 39.8 Å². The molecule has 1 aromatic heterocycles. The predicted octanol–water partition coefficient (Wildman–Crippen LogP) is 5.70. The van der Waals surface area contributed by atoms with E-state index >= 15 is 0 Å². The summed E-state index contributed by atoms with van der Waals surface area (Å²) >= 11 is 0. The van der Waals surface area contributed by atoms with Crippen LogP contribution in [0.15, 0.2) is 60.7 Å². The molecule has 1 heterocycles. The van der Waals surface area contributed by atoms with E-state index in [1.165, 1.54) is 0 Å². The second-order valence-corrected chi connectivity index (χ2v) is 6.65. The normalized spacial score (nSPS) is 11.1. The Kier molecular flexibility index (Phi) is 5.60. The fourth-order valence-electron chi connectivity index (χ4n) is 3.19. The Morgan fingerprint density at radius 2 is 1.67 bits per heavy atom. The third kappa shape index (κ3) is 4.20. The molecule has 0 amide bonds. The van der Waals surface area contributed by atoms with E-state index in [0.717, 1.165) is 34.0 Å². The van der Waals surface area contributed by atoms with E-state index in [2.05, 4.69) is 36.6 Å². The van der Waals surface area contributed by atoms with E-state index < -0.39 is 0 Å². The Balaban J connectivity index is 1.84. The van der Waals surface area contributed by atoms with Crippen molar-refractivity contribution in [2.45, 2.75) is 27.7 Å². The summed E-state index contributed by atoms with van der Waals surface area (Å²) in [7, 11) is 0. The van der Waals surface area contributed by atoms with Gasteiger partial charge in [-0.3, -0.25) is 4.79 Å². The number of rotatable bonds is 6. The maximum Gasteiger partial charge on any atom is 0.185 e. The molecule has 0 saturated heterocycles. The summed E-state index contributed by atoms with van der Waals surface area (Å²) in [6.45, 7) is 8.79. The van der Waals surface area contributed by atoms with Gasteiger partial charge in [-0.2, -0.15) is 0 Å². The summed E-state index contributed by atoms with van der Waals surface area (Å²) in [4.78, 5) is 12.4. The van der Waals surface area contributed by atoms with Gasteiger partial charge in [0.2, 0.25) is 0 Å². The molecule has 0 unspecified atom stereocenters. The zero-order valence-electron chi connectivity index (χ0n) is 16.3. The van der Waals surface area contributed by atoms with Crippen LogP contribution in [0.5, 0.6) is 5.75 Å². The van der Waals surface area contributed by atoms with Gasteiger partial charge in [-0.15, -0.1) is 0 Å². The maximum absolute atomic E-state index is 12.4. The van der Waals surface area contributed by atoms with Gasteiger partial charge < -0.3 is 9.30 Å². The van der Waals surface area contributed by atoms with E-state index in [9.17, 15) is 4.79 Å². The van der Waals surface area contributed by atoms with Gasteiger partial charge in [-0.05, 0) is 75.7 Å². The van der Waals surface area contributed by atoms with Crippen LogP contribution in [0.4, 0.5) is 0 Å². The van der Waals surface area contributed by atoms with Crippen LogP contribution in [0.2, 0.25) is 0 Å². The Hall–Kier alpha value is -3.07. The summed E-state index contributed by atoms with van der Waals surface area (Å²) in [6.07, 6.45) is 3.55. The summed E-state index contributed by atoms with van der Waals surface area (Å²) in [5.74, 6) is 0.883. The highest BCUT2D eigenvalue weighted by molar-refractivity contribution is 6.06. The Morgan fingerprint density at radius 3 is 2.30 bits per heavy atom. The summed E-state index contributed by atoms with van der Waals surface area (Å²) < 4.78 is 7.71. The highest BCUT2D eigenvalue weighted by Gasteiger charge is 2.10. The lowest BCUT2D eigenvalue weighted by Crippen LogP contribution is -1.99. The highest BCUT2D eigenvalue weighted by atomic mass is 16.5. The Morgan fingerprint density at radius 1 is 1.00 bits per heavy atom. The second-order valence-electron chi connectivity index (χ2n) is 6.65. The first kappa shape index (κ1) is 18.7. The largest absolute Gasteiger partial charge is 0.494 e. The number of aryl methyl sites for hydroxylation is 2. The van der Waals surface area contributed by atoms with E-state index in [1.54, 1.807) is 6.08 Å². The van der Waals surface area contributed by atoms with E-state index in [4.69, 9.17) is 4.74 Å². The van der Waals surface area contributed by atoms with Crippen LogP contribution in [0.25, 0.3) is 11.8 Å². The third-order valence-electron chi connectivity index (χ3n) is 4.63. The van der Waals surface area contributed by atoms with Crippen LogP contribution in [-0.4, -0.2) is 17.0 Å².